The monoisotopic (exact) mass is 314 g/mol. The molecule has 106 valence electrons. The van der Waals surface area contributed by atoms with Gasteiger partial charge in [-0.2, -0.15) is 0 Å². The predicted molar refractivity (Wildman–Crippen MR) is 79.6 cm³/mol. The standard InChI is InChI=1S/C16H14Cl2F2/c1-9-7-13(17)10(2)6-12(9)14(18)8-11-4-3-5-15(19)16(11)20/h3-7,14H,8H2,1-2H3. The number of alkyl halides is 1. The Kier molecular flexibility index (Phi) is 4.66. The molecule has 1 unspecified atom stereocenters. The van der Waals surface area contributed by atoms with Crippen molar-refractivity contribution in [3.8, 4) is 0 Å². The van der Waals surface area contributed by atoms with Crippen LogP contribution < -0.4 is 0 Å². The summed E-state index contributed by atoms with van der Waals surface area (Å²) in [6.07, 6.45) is 0.229. The fourth-order valence-electron chi connectivity index (χ4n) is 2.15. The highest BCUT2D eigenvalue weighted by molar-refractivity contribution is 6.31. The molecule has 2 aromatic rings. The molecule has 0 radical (unpaired) electrons. The van der Waals surface area contributed by atoms with Crippen LogP contribution in [0.4, 0.5) is 8.78 Å². The molecule has 4 heteroatoms. The smallest absolute Gasteiger partial charge is 0.162 e. The van der Waals surface area contributed by atoms with Gasteiger partial charge in [0.2, 0.25) is 0 Å². The molecular formula is C16H14Cl2F2. The molecule has 0 nitrogen and oxygen atoms in total. The predicted octanol–water partition coefficient (Wildman–Crippen LogP) is 5.76. The maximum atomic E-state index is 13.7. The van der Waals surface area contributed by atoms with E-state index >= 15 is 0 Å². The minimum Gasteiger partial charge on any atom is -0.204 e. The third kappa shape index (κ3) is 3.13. The van der Waals surface area contributed by atoms with E-state index in [2.05, 4.69) is 0 Å². The molecule has 0 aromatic heterocycles. The van der Waals surface area contributed by atoms with E-state index in [0.717, 1.165) is 22.8 Å². The lowest BCUT2D eigenvalue weighted by Gasteiger charge is -2.15. The molecule has 0 saturated carbocycles. The Morgan fingerprint density at radius 2 is 1.80 bits per heavy atom. The number of aryl methyl sites for hydroxylation is 2. The fraction of sp³-hybridized carbons (Fsp3) is 0.250. The van der Waals surface area contributed by atoms with E-state index in [-0.39, 0.29) is 12.0 Å². The largest absolute Gasteiger partial charge is 0.204 e. The van der Waals surface area contributed by atoms with Gasteiger partial charge in [0.1, 0.15) is 0 Å². The summed E-state index contributed by atoms with van der Waals surface area (Å²) in [6, 6.07) is 7.86. The van der Waals surface area contributed by atoms with Crippen molar-refractivity contribution in [3.05, 3.63) is 69.2 Å². The minimum atomic E-state index is -0.852. The fourth-order valence-corrected chi connectivity index (χ4v) is 2.77. The number of rotatable bonds is 3. The zero-order valence-electron chi connectivity index (χ0n) is 11.2. The first-order valence-corrected chi connectivity index (χ1v) is 7.05. The van der Waals surface area contributed by atoms with Crippen molar-refractivity contribution in [3.63, 3.8) is 0 Å². The molecule has 0 bridgehead atoms. The van der Waals surface area contributed by atoms with Crippen LogP contribution in [0, 0.1) is 25.5 Å². The molecule has 0 aliphatic rings. The van der Waals surface area contributed by atoms with Crippen LogP contribution in [0.1, 0.15) is 27.6 Å². The topological polar surface area (TPSA) is 0 Å². The highest BCUT2D eigenvalue weighted by atomic mass is 35.5. The van der Waals surface area contributed by atoms with Gasteiger partial charge in [-0.05, 0) is 54.7 Å². The van der Waals surface area contributed by atoms with Crippen LogP contribution in [0.15, 0.2) is 30.3 Å². The zero-order chi connectivity index (χ0) is 14.9. The molecule has 0 aliphatic heterocycles. The van der Waals surface area contributed by atoms with E-state index in [1.54, 1.807) is 6.07 Å². The number of hydrogen-bond donors (Lipinski definition) is 0. The Hall–Kier alpha value is -1.12. The van der Waals surface area contributed by atoms with Crippen molar-refractivity contribution in [2.75, 3.05) is 0 Å². The Bertz CT molecular complexity index is 639. The average Bonchev–Trinajstić information content (AvgIpc) is 2.39. The maximum absolute atomic E-state index is 13.7. The van der Waals surface area contributed by atoms with Crippen LogP contribution in [0.5, 0.6) is 0 Å². The number of halogens is 4. The van der Waals surface area contributed by atoms with Gasteiger partial charge < -0.3 is 0 Å². The van der Waals surface area contributed by atoms with E-state index in [9.17, 15) is 8.78 Å². The summed E-state index contributed by atoms with van der Waals surface area (Å²) < 4.78 is 26.9. The van der Waals surface area contributed by atoms with Crippen molar-refractivity contribution in [1.82, 2.24) is 0 Å². The molecule has 2 aromatic carbocycles. The summed E-state index contributed by atoms with van der Waals surface area (Å²) in [5.41, 5.74) is 3.02. The Balaban J connectivity index is 2.31. The van der Waals surface area contributed by atoms with E-state index in [0.29, 0.717) is 5.02 Å². The van der Waals surface area contributed by atoms with E-state index < -0.39 is 17.0 Å². The Morgan fingerprint density at radius 1 is 1.10 bits per heavy atom. The van der Waals surface area contributed by atoms with Crippen molar-refractivity contribution >= 4 is 23.2 Å². The molecular weight excluding hydrogens is 301 g/mol. The van der Waals surface area contributed by atoms with Crippen LogP contribution >= 0.6 is 23.2 Å². The highest BCUT2D eigenvalue weighted by Crippen LogP contribution is 2.32. The summed E-state index contributed by atoms with van der Waals surface area (Å²) in [6.45, 7) is 3.79. The van der Waals surface area contributed by atoms with Crippen LogP contribution in [0.25, 0.3) is 0 Å². The zero-order valence-corrected chi connectivity index (χ0v) is 12.7. The molecule has 2 rings (SSSR count). The SMILES string of the molecule is Cc1cc(C(Cl)Cc2cccc(F)c2F)c(C)cc1Cl. The Labute approximate surface area is 127 Å². The minimum absolute atomic E-state index is 0.229. The quantitative estimate of drug-likeness (QED) is 0.632. The first-order valence-electron chi connectivity index (χ1n) is 6.23. The first kappa shape index (κ1) is 15.3. The van der Waals surface area contributed by atoms with Gasteiger partial charge in [-0.1, -0.05) is 29.8 Å². The summed E-state index contributed by atoms with van der Waals surface area (Å²) in [5, 5.41) is 0.245. The average molecular weight is 315 g/mol. The molecule has 0 fully saturated rings. The summed E-state index contributed by atoms with van der Waals surface area (Å²) in [5.74, 6) is -1.68. The molecule has 20 heavy (non-hydrogen) atoms. The lowest BCUT2D eigenvalue weighted by molar-refractivity contribution is 0.498. The normalized spacial score (nSPS) is 12.5. The Morgan fingerprint density at radius 3 is 2.50 bits per heavy atom. The number of hydrogen-bond acceptors (Lipinski definition) is 0. The van der Waals surface area contributed by atoms with Gasteiger partial charge in [0.25, 0.3) is 0 Å². The third-order valence-electron chi connectivity index (χ3n) is 3.32. The summed E-state index contributed by atoms with van der Waals surface area (Å²) in [4.78, 5) is 0. The van der Waals surface area contributed by atoms with Gasteiger partial charge in [-0.3, -0.25) is 0 Å². The number of benzene rings is 2. The molecule has 1 atom stereocenters. The molecule has 0 heterocycles. The van der Waals surface area contributed by atoms with E-state index in [1.807, 2.05) is 26.0 Å². The summed E-state index contributed by atoms with van der Waals surface area (Å²) in [7, 11) is 0. The van der Waals surface area contributed by atoms with Gasteiger partial charge in [-0.15, -0.1) is 11.6 Å². The van der Waals surface area contributed by atoms with Crippen LogP contribution in [0.2, 0.25) is 5.02 Å². The van der Waals surface area contributed by atoms with E-state index in [1.165, 1.54) is 6.07 Å². The highest BCUT2D eigenvalue weighted by Gasteiger charge is 2.16. The lowest BCUT2D eigenvalue weighted by Crippen LogP contribution is -2.02. The maximum Gasteiger partial charge on any atom is 0.162 e. The molecule has 0 amide bonds. The second-order valence-electron chi connectivity index (χ2n) is 4.84. The van der Waals surface area contributed by atoms with Gasteiger partial charge in [0.15, 0.2) is 11.6 Å². The van der Waals surface area contributed by atoms with Crippen LogP contribution in [-0.4, -0.2) is 0 Å². The van der Waals surface area contributed by atoms with Gasteiger partial charge in [0.05, 0.1) is 5.38 Å². The third-order valence-corrected chi connectivity index (χ3v) is 4.11. The van der Waals surface area contributed by atoms with E-state index in [4.69, 9.17) is 23.2 Å². The van der Waals surface area contributed by atoms with Gasteiger partial charge in [-0.25, -0.2) is 8.78 Å². The first-order chi connectivity index (χ1) is 9.40. The lowest BCUT2D eigenvalue weighted by atomic mass is 9.98. The molecule has 0 saturated heterocycles. The summed E-state index contributed by atoms with van der Waals surface area (Å²) >= 11 is 12.4. The molecule has 0 aliphatic carbocycles. The van der Waals surface area contributed by atoms with Crippen LogP contribution in [0.3, 0.4) is 0 Å². The van der Waals surface area contributed by atoms with Crippen molar-refractivity contribution in [1.29, 1.82) is 0 Å². The van der Waals surface area contributed by atoms with Gasteiger partial charge in [0, 0.05) is 5.02 Å². The van der Waals surface area contributed by atoms with Crippen molar-refractivity contribution in [2.45, 2.75) is 25.6 Å². The van der Waals surface area contributed by atoms with Crippen molar-refractivity contribution < 1.29 is 8.78 Å². The second-order valence-corrected chi connectivity index (χ2v) is 5.78. The van der Waals surface area contributed by atoms with Crippen LogP contribution in [-0.2, 0) is 6.42 Å². The molecule has 0 N–H and O–H groups in total. The molecule has 0 spiro atoms. The second kappa shape index (κ2) is 6.11. The van der Waals surface area contributed by atoms with Gasteiger partial charge >= 0.3 is 0 Å². The van der Waals surface area contributed by atoms with Crippen molar-refractivity contribution in [2.24, 2.45) is 0 Å².